The number of ketones is 1. The number of aryl methyl sites for hydroxylation is 1. The van der Waals surface area contributed by atoms with E-state index >= 15 is 0 Å². The van der Waals surface area contributed by atoms with Crippen LogP contribution in [0.2, 0.25) is 5.02 Å². The standard InChI is InChI=1S/C14H17ClO2/c1-2-10-9-11(15)3-4-13(10)14(17)7-5-12(16)6-8-14/h3-4,9,17H,2,5-8H2,1H3. The van der Waals surface area contributed by atoms with Gasteiger partial charge in [-0.25, -0.2) is 0 Å². The molecule has 1 saturated carbocycles. The first-order chi connectivity index (χ1) is 8.05. The van der Waals surface area contributed by atoms with E-state index in [4.69, 9.17) is 11.6 Å². The van der Waals surface area contributed by atoms with Gasteiger partial charge in [-0.3, -0.25) is 4.79 Å². The Morgan fingerprint density at radius 2 is 2.00 bits per heavy atom. The maximum Gasteiger partial charge on any atom is 0.133 e. The summed E-state index contributed by atoms with van der Waals surface area (Å²) in [6, 6.07) is 5.62. The molecule has 1 aromatic rings. The Bertz CT molecular complexity index is 430. The van der Waals surface area contributed by atoms with E-state index in [2.05, 4.69) is 0 Å². The fraction of sp³-hybridized carbons (Fsp3) is 0.500. The number of aliphatic hydroxyl groups is 1. The van der Waals surface area contributed by atoms with Gasteiger partial charge in [0.2, 0.25) is 0 Å². The minimum atomic E-state index is -0.843. The summed E-state index contributed by atoms with van der Waals surface area (Å²) in [6.07, 6.45) is 2.84. The maximum absolute atomic E-state index is 11.3. The van der Waals surface area contributed by atoms with Gasteiger partial charge in [0, 0.05) is 17.9 Å². The van der Waals surface area contributed by atoms with Crippen molar-refractivity contribution < 1.29 is 9.90 Å². The molecule has 0 atom stereocenters. The van der Waals surface area contributed by atoms with Gasteiger partial charge in [0.05, 0.1) is 5.60 Å². The molecule has 0 aromatic heterocycles. The lowest BCUT2D eigenvalue weighted by molar-refractivity contribution is -0.125. The predicted molar refractivity (Wildman–Crippen MR) is 68.2 cm³/mol. The number of rotatable bonds is 2. The second kappa shape index (κ2) is 4.79. The molecule has 2 rings (SSSR count). The van der Waals surface area contributed by atoms with Gasteiger partial charge < -0.3 is 5.11 Å². The van der Waals surface area contributed by atoms with Crippen LogP contribution < -0.4 is 0 Å². The van der Waals surface area contributed by atoms with Crippen molar-refractivity contribution in [2.45, 2.75) is 44.6 Å². The van der Waals surface area contributed by atoms with Gasteiger partial charge in [0.25, 0.3) is 0 Å². The van der Waals surface area contributed by atoms with Gasteiger partial charge in [-0.1, -0.05) is 24.6 Å². The van der Waals surface area contributed by atoms with Crippen LogP contribution >= 0.6 is 11.6 Å². The molecule has 0 amide bonds. The van der Waals surface area contributed by atoms with E-state index in [-0.39, 0.29) is 5.78 Å². The maximum atomic E-state index is 11.3. The zero-order valence-corrected chi connectivity index (χ0v) is 10.8. The summed E-state index contributed by atoms with van der Waals surface area (Å²) in [5.41, 5.74) is 1.18. The molecule has 1 N–H and O–H groups in total. The summed E-state index contributed by atoms with van der Waals surface area (Å²) >= 11 is 5.97. The van der Waals surface area contributed by atoms with Gasteiger partial charge >= 0.3 is 0 Å². The van der Waals surface area contributed by atoms with Crippen molar-refractivity contribution in [3.05, 3.63) is 34.3 Å². The average molecular weight is 253 g/mol. The molecule has 1 aromatic carbocycles. The zero-order valence-electron chi connectivity index (χ0n) is 10.0. The first-order valence-corrected chi connectivity index (χ1v) is 6.46. The lowest BCUT2D eigenvalue weighted by Gasteiger charge is -2.33. The van der Waals surface area contributed by atoms with Crippen LogP contribution in [0.1, 0.15) is 43.7 Å². The summed E-state index contributed by atoms with van der Waals surface area (Å²) in [5.74, 6) is 0.252. The molecule has 1 aliphatic rings. The fourth-order valence-corrected chi connectivity index (χ4v) is 2.72. The number of halogens is 1. The van der Waals surface area contributed by atoms with Crippen LogP contribution in [-0.4, -0.2) is 10.9 Å². The highest BCUT2D eigenvalue weighted by molar-refractivity contribution is 6.30. The van der Waals surface area contributed by atoms with Crippen LogP contribution in [0.4, 0.5) is 0 Å². The summed E-state index contributed by atoms with van der Waals surface area (Å²) < 4.78 is 0. The molecule has 17 heavy (non-hydrogen) atoms. The number of benzene rings is 1. The normalized spacial score (nSPS) is 19.4. The molecule has 0 unspecified atom stereocenters. The Labute approximate surface area is 107 Å². The highest BCUT2D eigenvalue weighted by Crippen LogP contribution is 2.38. The van der Waals surface area contributed by atoms with Crippen molar-refractivity contribution in [3.8, 4) is 0 Å². The van der Waals surface area contributed by atoms with Crippen molar-refractivity contribution in [1.82, 2.24) is 0 Å². The molecular weight excluding hydrogens is 236 g/mol. The second-order valence-electron chi connectivity index (χ2n) is 4.73. The Morgan fingerprint density at radius 1 is 1.35 bits per heavy atom. The van der Waals surface area contributed by atoms with Crippen LogP contribution in [0.5, 0.6) is 0 Å². The monoisotopic (exact) mass is 252 g/mol. The number of hydrogen-bond acceptors (Lipinski definition) is 2. The van der Waals surface area contributed by atoms with Crippen molar-refractivity contribution in [3.63, 3.8) is 0 Å². The highest BCUT2D eigenvalue weighted by Gasteiger charge is 2.35. The third kappa shape index (κ3) is 2.53. The van der Waals surface area contributed by atoms with E-state index in [1.54, 1.807) is 0 Å². The number of hydrogen-bond donors (Lipinski definition) is 1. The molecule has 2 nitrogen and oxygen atoms in total. The highest BCUT2D eigenvalue weighted by atomic mass is 35.5. The van der Waals surface area contributed by atoms with Crippen molar-refractivity contribution >= 4 is 17.4 Å². The Morgan fingerprint density at radius 3 is 2.59 bits per heavy atom. The van der Waals surface area contributed by atoms with E-state index in [9.17, 15) is 9.90 Å². The van der Waals surface area contributed by atoms with Gasteiger partial charge in [-0.2, -0.15) is 0 Å². The van der Waals surface area contributed by atoms with Crippen molar-refractivity contribution in [2.24, 2.45) is 0 Å². The van der Waals surface area contributed by atoms with E-state index in [1.807, 2.05) is 25.1 Å². The van der Waals surface area contributed by atoms with Gasteiger partial charge in [0.1, 0.15) is 5.78 Å². The minimum absolute atomic E-state index is 0.252. The molecule has 1 fully saturated rings. The van der Waals surface area contributed by atoms with Gasteiger partial charge in [0.15, 0.2) is 0 Å². The van der Waals surface area contributed by atoms with E-state index in [1.165, 1.54) is 0 Å². The van der Waals surface area contributed by atoms with Crippen molar-refractivity contribution in [1.29, 1.82) is 0 Å². The first-order valence-electron chi connectivity index (χ1n) is 6.08. The van der Waals surface area contributed by atoms with Gasteiger partial charge in [-0.15, -0.1) is 0 Å². The summed E-state index contributed by atoms with van der Waals surface area (Å²) in [5, 5.41) is 11.4. The van der Waals surface area contributed by atoms with Crippen LogP contribution in [0.25, 0.3) is 0 Å². The number of carbonyl (C=O) groups excluding carboxylic acids is 1. The summed E-state index contributed by atoms with van der Waals surface area (Å²) in [4.78, 5) is 11.3. The number of carbonyl (C=O) groups is 1. The predicted octanol–water partition coefficient (Wildman–Crippen LogP) is 3.23. The lowest BCUT2D eigenvalue weighted by atomic mass is 9.77. The van der Waals surface area contributed by atoms with Gasteiger partial charge in [-0.05, 0) is 42.5 Å². The van der Waals surface area contributed by atoms with E-state index in [0.29, 0.717) is 30.7 Å². The molecule has 0 spiro atoms. The molecule has 92 valence electrons. The molecule has 3 heteroatoms. The minimum Gasteiger partial charge on any atom is -0.385 e. The molecule has 0 radical (unpaired) electrons. The first kappa shape index (κ1) is 12.6. The Hall–Kier alpha value is -0.860. The lowest BCUT2D eigenvalue weighted by Crippen LogP contribution is -2.32. The van der Waals surface area contributed by atoms with E-state index in [0.717, 1.165) is 17.5 Å². The molecule has 0 bridgehead atoms. The smallest absolute Gasteiger partial charge is 0.133 e. The topological polar surface area (TPSA) is 37.3 Å². The number of Topliss-reactive ketones (excluding diaryl/α,β-unsaturated/α-hetero) is 1. The van der Waals surface area contributed by atoms with E-state index < -0.39 is 5.60 Å². The summed E-state index contributed by atoms with van der Waals surface area (Å²) in [6.45, 7) is 2.05. The average Bonchev–Trinajstić information content (AvgIpc) is 2.33. The summed E-state index contributed by atoms with van der Waals surface area (Å²) in [7, 11) is 0. The Balaban J connectivity index is 2.35. The molecule has 0 saturated heterocycles. The molecule has 0 aliphatic heterocycles. The largest absolute Gasteiger partial charge is 0.385 e. The van der Waals surface area contributed by atoms with Crippen molar-refractivity contribution in [2.75, 3.05) is 0 Å². The quantitative estimate of drug-likeness (QED) is 0.878. The van der Waals surface area contributed by atoms with Crippen LogP contribution in [0.15, 0.2) is 18.2 Å². The third-order valence-corrected chi connectivity index (χ3v) is 3.82. The third-order valence-electron chi connectivity index (χ3n) is 3.58. The Kier molecular flexibility index (Phi) is 3.55. The SMILES string of the molecule is CCc1cc(Cl)ccc1C1(O)CCC(=O)CC1. The molecule has 1 aliphatic carbocycles. The van der Waals surface area contributed by atoms with Crippen LogP contribution in [-0.2, 0) is 16.8 Å². The zero-order chi connectivity index (χ0) is 12.5. The fourth-order valence-electron chi connectivity index (χ4n) is 2.52. The second-order valence-corrected chi connectivity index (χ2v) is 5.16. The molecular formula is C14H17ClO2. The van der Waals surface area contributed by atoms with Crippen LogP contribution in [0.3, 0.4) is 0 Å². The molecule has 0 heterocycles. The van der Waals surface area contributed by atoms with Crippen LogP contribution in [0, 0.1) is 0 Å².